The molecule has 0 radical (unpaired) electrons. The number of allylic oxidation sites excluding steroid dienone is 4. The summed E-state index contributed by atoms with van der Waals surface area (Å²) in [6.07, 6.45) is 3.05. The quantitative estimate of drug-likeness (QED) is 0.106. The topological polar surface area (TPSA) is 4.93 Å². The fraction of sp³-hybridized carbons (Fsp3) is 0.0571. The Morgan fingerprint density at radius 3 is 1.42 bits per heavy atom. The van der Waals surface area contributed by atoms with E-state index in [0.717, 1.165) is 12.0 Å². The zero-order chi connectivity index (χ0) is 48.7. The molecular formula is C70H57N. The lowest BCUT2D eigenvalue weighted by molar-refractivity contribution is 1.17. The molecule has 0 spiro atoms. The molecule has 1 aromatic heterocycles. The van der Waals surface area contributed by atoms with E-state index in [1.807, 2.05) is 38.1 Å². The summed E-state index contributed by atoms with van der Waals surface area (Å²) in [6.45, 7) is 13.7. The van der Waals surface area contributed by atoms with Crippen LogP contribution in [0.15, 0.2) is 274 Å². The van der Waals surface area contributed by atoms with Gasteiger partial charge < -0.3 is 4.57 Å². The maximum absolute atomic E-state index is 4.11. The number of aromatic nitrogens is 1. The van der Waals surface area contributed by atoms with Gasteiger partial charge in [-0.25, -0.2) is 0 Å². The first-order valence-corrected chi connectivity index (χ1v) is 24.5. The third-order valence-electron chi connectivity index (χ3n) is 13.2. The van der Waals surface area contributed by atoms with Crippen LogP contribution in [0.5, 0.6) is 0 Å². The summed E-state index contributed by atoms with van der Waals surface area (Å²) in [5, 5.41) is 2.52. The van der Waals surface area contributed by atoms with Crippen molar-refractivity contribution in [3.8, 4) is 61.3 Å². The number of hydrogen-bond acceptors (Lipinski definition) is 0. The number of fused-ring (bicyclic) bond motifs is 6. The minimum Gasteiger partial charge on any atom is -0.309 e. The molecule has 11 aromatic rings. The van der Waals surface area contributed by atoms with Gasteiger partial charge >= 0.3 is 0 Å². The van der Waals surface area contributed by atoms with Crippen LogP contribution in [0.1, 0.15) is 43.0 Å². The van der Waals surface area contributed by atoms with Gasteiger partial charge in [0.1, 0.15) is 0 Å². The number of benzene rings is 10. The highest BCUT2D eigenvalue weighted by Gasteiger charge is 2.25. The monoisotopic (exact) mass is 911 g/mol. The second-order valence-corrected chi connectivity index (χ2v) is 18.6. The van der Waals surface area contributed by atoms with Gasteiger partial charge in [0.25, 0.3) is 0 Å². The van der Waals surface area contributed by atoms with E-state index in [1.165, 1.54) is 117 Å². The molecule has 0 aliphatic heterocycles. The summed E-state index contributed by atoms with van der Waals surface area (Å²) < 4.78 is 2.50. The second kappa shape index (κ2) is 20.8. The number of hydrogen-bond donors (Lipinski definition) is 0. The molecule has 342 valence electrons. The lowest BCUT2D eigenvalue weighted by Gasteiger charge is -2.15. The lowest BCUT2D eigenvalue weighted by atomic mass is 9.91. The fourth-order valence-electron chi connectivity index (χ4n) is 9.86. The highest BCUT2D eigenvalue weighted by molar-refractivity contribution is 6.15. The van der Waals surface area contributed by atoms with Crippen LogP contribution in [0.25, 0.3) is 94.3 Å². The van der Waals surface area contributed by atoms with Crippen LogP contribution in [-0.4, -0.2) is 4.57 Å². The van der Waals surface area contributed by atoms with Crippen LogP contribution < -0.4 is 0 Å². The van der Waals surface area contributed by atoms with Crippen molar-refractivity contribution in [1.29, 1.82) is 0 Å². The van der Waals surface area contributed by atoms with Gasteiger partial charge in [0.15, 0.2) is 0 Å². The van der Waals surface area contributed by atoms with E-state index in [0.29, 0.717) is 0 Å². The second-order valence-electron chi connectivity index (χ2n) is 18.6. The number of para-hydroxylation sites is 1. The minimum absolute atomic E-state index is 0.924. The molecule has 0 unspecified atom stereocenters. The van der Waals surface area contributed by atoms with Crippen LogP contribution in [0, 0.1) is 0 Å². The van der Waals surface area contributed by atoms with Crippen molar-refractivity contribution in [2.24, 2.45) is 0 Å². The van der Waals surface area contributed by atoms with Gasteiger partial charge in [-0.15, -0.1) is 6.58 Å². The van der Waals surface area contributed by atoms with Crippen molar-refractivity contribution in [1.82, 2.24) is 4.57 Å². The van der Waals surface area contributed by atoms with Crippen molar-refractivity contribution in [3.63, 3.8) is 0 Å². The summed E-state index contributed by atoms with van der Waals surface area (Å²) in [5.41, 5.74) is 24.9. The van der Waals surface area contributed by atoms with Crippen LogP contribution >= 0.6 is 0 Å². The van der Waals surface area contributed by atoms with E-state index in [1.54, 1.807) is 0 Å². The van der Waals surface area contributed by atoms with Crippen LogP contribution in [-0.2, 0) is 6.42 Å². The average molecular weight is 912 g/mol. The largest absolute Gasteiger partial charge is 0.309 e. The third kappa shape index (κ3) is 9.91. The van der Waals surface area contributed by atoms with Gasteiger partial charge in [0, 0.05) is 22.0 Å². The Morgan fingerprint density at radius 2 is 0.845 bits per heavy atom. The average Bonchev–Trinajstić information content (AvgIpc) is 3.97. The normalized spacial score (nSPS) is 11.5. The number of rotatable bonds is 8. The molecule has 0 atom stereocenters. The smallest absolute Gasteiger partial charge is 0.0619 e. The van der Waals surface area contributed by atoms with Crippen LogP contribution in [0.3, 0.4) is 0 Å². The predicted octanol–water partition coefficient (Wildman–Crippen LogP) is 19.4. The Balaban J connectivity index is 0.000000232. The summed E-state index contributed by atoms with van der Waals surface area (Å²) >= 11 is 0. The fourth-order valence-corrected chi connectivity index (χ4v) is 9.86. The molecule has 0 fully saturated rings. The van der Waals surface area contributed by atoms with E-state index in [2.05, 4.69) is 255 Å². The van der Waals surface area contributed by atoms with E-state index >= 15 is 0 Å². The molecule has 0 saturated carbocycles. The lowest BCUT2D eigenvalue weighted by Crippen LogP contribution is -1.97. The maximum Gasteiger partial charge on any atom is 0.0619 e. The standard InChI is InChI=1S/C49H33N.C17H16.C4H8/c1-5-15-33(16-6-1)38-28-42(35-19-9-3-10-20-35)45-27-37-25-26-40(32-43(37)46(45)30-38)50-48-24-14-13-23-41(48)47-31-39(34-17-7-2-8-18-34)29-44(49(47)50)36-21-11-4-12-22-36;1-14(16-9-5-3-6-10-16)13-15(2)17-11-7-4-8-12-17;1-4(2)3/h1-26,28-32H,27H2;3-13H,1H2,2H3;1H2,2-3H3/b;15-13+;. The molecule has 0 saturated heterocycles. The zero-order valence-corrected chi connectivity index (χ0v) is 40.8. The molecule has 1 aliphatic rings. The zero-order valence-electron chi connectivity index (χ0n) is 40.8. The third-order valence-corrected chi connectivity index (χ3v) is 13.2. The Morgan fingerprint density at radius 1 is 0.394 bits per heavy atom. The molecule has 10 aromatic carbocycles. The molecule has 0 N–H and O–H groups in total. The van der Waals surface area contributed by atoms with Gasteiger partial charge in [0.05, 0.1) is 11.0 Å². The SMILES string of the molecule is C=C(/C=C(\C)c1ccccc1)c1ccccc1.C=C(C)C.c1ccc(-c2cc(-c3ccccc3)c3c(c2)-c2cc(-n4c5ccccc5c5cc(-c6ccccc6)cc(-c6ccccc6)c54)ccc2C3)cc1. The molecule has 1 aliphatic carbocycles. The molecule has 0 bridgehead atoms. The molecule has 0 amide bonds. The van der Waals surface area contributed by atoms with Gasteiger partial charge in [0.2, 0.25) is 0 Å². The molecular weight excluding hydrogens is 855 g/mol. The van der Waals surface area contributed by atoms with Crippen molar-refractivity contribution in [2.75, 3.05) is 0 Å². The molecule has 12 rings (SSSR count). The Kier molecular flexibility index (Phi) is 13.5. The van der Waals surface area contributed by atoms with Crippen LogP contribution in [0.2, 0.25) is 0 Å². The van der Waals surface area contributed by atoms with Gasteiger partial charge in [-0.3, -0.25) is 0 Å². The Labute approximate surface area is 419 Å². The first-order valence-electron chi connectivity index (χ1n) is 24.5. The highest BCUT2D eigenvalue weighted by atomic mass is 15.0. The van der Waals surface area contributed by atoms with Gasteiger partial charge in [-0.1, -0.05) is 224 Å². The summed E-state index contributed by atoms with van der Waals surface area (Å²) in [6, 6.07) is 89.5. The Hall–Kier alpha value is -8.78. The molecule has 1 nitrogen and oxygen atoms in total. The first-order chi connectivity index (χ1) is 34.8. The molecule has 1 heteroatoms. The minimum atomic E-state index is 0.924. The van der Waals surface area contributed by atoms with Crippen molar-refractivity contribution in [3.05, 3.63) is 296 Å². The first kappa shape index (κ1) is 46.0. The van der Waals surface area contributed by atoms with Gasteiger partial charge in [-0.2, -0.15) is 0 Å². The number of nitrogens with zero attached hydrogens (tertiary/aromatic N) is 1. The highest BCUT2D eigenvalue weighted by Crippen LogP contribution is 2.47. The summed E-state index contributed by atoms with van der Waals surface area (Å²) in [7, 11) is 0. The van der Waals surface area contributed by atoms with Crippen molar-refractivity contribution < 1.29 is 0 Å². The Bertz CT molecular complexity index is 3670. The van der Waals surface area contributed by atoms with E-state index in [9.17, 15) is 0 Å². The molecule has 1 heterocycles. The summed E-state index contributed by atoms with van der Waals surface area (Å²) in [5.74, 6) is 0. The molecule has 71 heavy (non-hydrogen) atoms. The summed E-state index contributed by atoms with van der Waals surface area (Å²) in [4.78, 5) is 0. The van der Waals surface area contributed by atoms with Crippen molar-refractivity contribution >= 4 is 33.0 Å². The van der Waals surface area contributed by atoms with Gasteiger partial charge in [-0.05, 0) is 153 Å². The van der Waals surface area contributed by atoms with E-state index in [-0.39, 0.29) is 0 Å². The van der Waals surface area contributed by atoms with Crippen LogP contribution in [0.4, 0.5) is 0 Å². The van der Waals surface area contributed by atoms with Crippen molar-refractivity contribution in [2.45, 2.75) is 27.2 Å². The van der Waals surface area contributed by atoms with E-state index < -0.39 is 0 Å². The maximum atomic E-state index is 4.11. The van der Waals surface area contributed by atoms with E-state index in [4.69, 9.17) is 0 Å². The predicted molar refractivity (Wildman–Crippen MR) is 307 cm³/mol.